The van der Waals surface area contributed by atoms with Crippen molar-refractivity contribution in [3.05, 3.63) is 35.9 Å². The van der Waals surface area contributed by atoms with Crippen molar-refractivity contribution in [2.75, 3.05) is 13.1 Å². The molecule has 2 amide bonds. The number of amides is 2. The van der Waals surface area contributed by atoms with Gasteiger partial charge in [0.15, 0.2) is 0 Å². The summed E-state index contributed by atoms with van der Waals surface area (Å²) >= 11 is 0. The van der Waals surface area contributed by atoms with Crippen molar-refractivity contribution in [3.63, 3.8) is 0 Å². The van der Waals surface area contributed by atoms with E-state index >= 15 is 0 Å². The Kier molecular flexibility index (Phi) is 3.65. The van der Waals surface area contributed by atoms with Crippen molar-refractivity contribution in [2.24, 2.45) is 0 Å². The Labute approximate surface area is 107 Å². The van der Waals surface area contributed by atoms with E-state index in [2.05, 4.69) is 12.2 Å². The lowest BCUT2D eigenvalue weighted by Gasteiger charge is -2.32. The average Bonchev–Trinajstić information content (AvgIpc) is 2.36. The van der Waals surface area contributed by atoms with Gasteiger partial charge in [0.25, 0.3) is 0 Å². The first-order valence-electron chi connectivity index (χ1n) is 6.21. The summed E-state index contributed by atoms with van der Waals surface area (Å²) in [5.74, 6) is 0.146. The van der Waals surface area contributed by atoms with Crippen molar-refractivity contribution >= 4 is 11.8 Å². The van der Waals surface area contributed by atoms with Crippen LogP contribution in [0.4, 0.5) is 0 Å². The third kappa shape index (κ3) is 2.70. The molecule has 4 heteroatoms. The SMILES string of the molecule is CC1NC(=O)CN(CC(C)c2ccccc2)C1=O. The zero-order valence-electron chi connectivity index (χ0n) is 10.7. The smallest absolute Gasteiger partial charge is 0.245 e. The largest absolute Gasteiger partial charge is 0.343 e. The fraction of sp³-hybridized carbons (Fsp3) is 0.429. The molecule has 4 nitrogen and oxygen atoms in total. The van der Waals surface area contributed by atoms with E-state index in [9.17, 15) is 9.59 Å². The molecule has 0 aromatic heterocycles. The second-order valence-electron chi connectivity index (χ2n) is 4.82. The Morgan fingerprint density at radius 1 is 1.33 bits per heavy atom. The molecule has 2 atom stereocenters. The van der Waals surface area contributed by atoms with E-state index in [4.69, 9.17) is 0 Å². The minimum atomic E-state index is -0.408. The highest BCUT2D eigenvalue weighted by Gasteiger charge is 2.30. The van der Waals surface area contributed by atoms with E-state index in [1.54, 1.807) is 11.8 Å². The Hall–Kier alpha value is -1.84. The Morgan fingerprint density at radius 2 is 2.00 bits per heavy atom. The van der Waals surface area contributed by atoms with Gasteiger partial charge in [-0.2, -0.15) is 0 Å². The molecule has 18 heavy (non-hydrogen) atoms. The van der Waals surface area contributed by atoms with Gasteiger partial charge < -0.3 is 10.2 Å². The van der Waals surface area contributed by atoms with Gasteiger partial charge in [-0.1, -0.05) is 37.3 Å². The minimum absolute atomic E-state index is 0.00242. The molecule has 1 aromatic rings. The van der Waals surface area contributed by atoms with Crippen molar-refractivity contribution in [2.45, 2.75) is 25.8 Å². The van der Waals surface area contributed by atoms with Gasteiger partial charge in [-0.05, 0) is 18.4 Å². The van der Waals surface area contributed by atoms with Crippen LogP contribution < -0.4 is 5.32 Å². The summed E-state index contributed by atoms with van der Waals surface area (Å²) in [6.07, 6.45) is 0. The molecule has 1 aliphatic rings. The van der Waals surface area contributed by atoms with E-state index in [0.717, 1.165) is 0 Å². The van der Waals surface area contributed by atoms with E-state index in [0.29, 0.717) is 6.54 Å². The fourth-order valence-electron chi connectivity index (χ4n) is 2.25. The second-order valence-corrected chi connectivity index (χ2v) is 4.82. The topological polar surface area (TPSA) is 49.4 Å². The van der Waals surface area contributed by atoms with Crippen LogP contribution in [0.2, 0.25) is 0 Å². The number of carbonyl (C=O) groups excluding carboxylic acids is 2. The number of benzene rings is 1. The van der Waals surface area contributed by atoms with Gasteiger partial charge in [0, 0.05) is 6.54 Å². The number of hydrogen-bond donors (Lipinski definition) is 1. The zero-order valence-corrected chi connectivity index (χ0v) is 10.7. The van der Waals surface area contributed by atoms with Gasteiger partial charge in [0.05, 0.1) is 6.54 Å². The van der Waals surface area contributed by atoms with Crippen molar-refractivity contribution < 1.29 is 9.59 Å². The summed E-state index contributed by atoms with van der Waals surface area (Å²) in [5, 5.41) is 2.64. The maximum absolute atomic E-state index is 11.9. The van der Waals surface area contributed by atoms with E-state index < -0.39 is 6.04 Å². The molecule has 2 unspecified atom stereocenters. The van der Waals surface area contributed by atoms with Crippen molar-refractivity contribution in [1.29, 1.82) is 0 Å². The molecule has 2 rings (SSSR count). The molecular weight excluding hydrogens is 228 g/mol. The third-order valence-electron chi connectivity index (χ3n) is 3.26. The van der Waals surface area contributed by atoms with Crippen LogP contribution in [0.15, 0.2) is 30.3 Å². The van der Waals surface area contributed by atoms with Crippen LogP contribution in [0.25, 0.3) is 0 Å². The maximum atomic E-state index is 11.9. The first-order valence-corrected chi connectivity index (χ1v) is 6.21. The molecule has 1 aromatic carbocycles. The van der Waals surface area contributed by atoms with Gasteiger partial charge >= 0.3 is 0 Å². The van der Waals surface area contributed by atoms with Crippen LogP contribution in [-0.4, -0.2) is 35.8 Å². The highest BCUT2D eigenvalue weighted by Crippen LogP contribution is 2.17. The molecule has 1 fully saturated rings. The van der Waals surface area contributed by atoms with Gasteiger partial charge in [0.1, 0.15) is 6.04 Å². The Morgan fingerprint density at radius 3 is 2.67 bits per heavy atom. The first-order chi connectivity index (χ1) is 8.58. The predicted molar refractivity (Wildman–Crippen MR) is 69.0 cm³/mol. The number of nitrogens with one attached hydrogen (secondary N) is 1. The molecule has 96 valence electrons. The summed E-state index contributed by atoms with van der Waals surface area (Å²) in [4.78, 5) is 25.0. The highest BCUT2D eigenvalue weighted by molar-refractivity contribution is 5.94. The Balaban J connectivity index is 2.04. The van der Waals surface area contributed by atoms with Crippen LogP contribution in [0.5, 0.6) is 0 Å². The van der Waals surface area contributed by atoms with E-state index in [1.807, 2.05) is 30.3 Å². The van der Waals surface area contributed by atoms with Crippen molar-refractivity contribution in [1.82, 2.24) is 10.2 Å². The van der Waals surface area contributed by atoms with Crippen LogP contribution in [0.1, 0.15) is 25.3 Å². The molecule has 0 spiro atoms. The van der Waals surface area contributed by atoms with Crippen molar-refractivity contribution in [3.8, 4) is 0 Å². The van der Waals surface area contributed by atoms with Gasteiger partial charge in [0.2, 0.25) is 11.8 Å². The van der Waals surface area contributed by atoms with Crippen LogP contribution in [0.3, 0.4) is 0 Å². The average molecular weight is 246 g/mol. The summed E-state index contributed by atoms with van der Waals surface area (Å²) in [6, 6.07) is 9.62. The number of piperazine rings is 1. The van der Waals surface area contributed by atoms with E-state index in [1.165, 1.54) is 5.56 Å². The fourth-order valence-corrected chi connectivity index (χ4v) is 2.25. The summed E-state index contributed by atoms with van der Waals surface area (Å²) in [6.45, 7) is 4.54. The lowest BCUT2D eigenvalue weighted by Crippen LogP contribution is -2.57. The zero-order chi connectivity index (χ0) is 13.1. The lowest BCUT2D eigenvalue weighted by atomic mass is 10.00. The molecule has 1 saturated heterocycles. The molecule has 1 N–H and O–H groups in total. The molecule has 1 heterocycles. The molecule has 0 bridgehead atoms. The van der Waals surface area contributed by atoms with Crippen LogP contribution in [0, 0.1) is 0 Å². The van der Waals surface area contributed by atoms with Crippen LogP contribution in [-0.2, 0) is 9.59 Å². The first kappa shape index (κ1) is 12.6. The number of rotatable bonds is 3. The van der Waals surface area contributed by atoms with E-state index in [-0.39, 0.29) is 24.3 Å². The third-order valence-corrected chi connectivity index (χ3v) is 3.26. The molecule has 1 aliphatic heterocycles. The summed E-state index contributed by atoms with van der Waals surface area (Å²) < 4.78 is 0. The lowest BCUT2D eigenvalue weighted by molar-refractivity contribution is -0.143. The molecular formula is C14H18N2O2. The molecule has 0 saturated carbocycles. The quantitative estimate of drug-likeness (QED) is 0.869. The number of hydrogen-bond acceptors (Lipinski definition) is 2. The van der Waals surface area contributed by atoms with Gasteiger partial charge in [-0.15, -0.1) is 0 Å². The second kappa shape index (κ2) is 5.21. The van der Waals surface area contributed by atoms with Gasteiger partial charge in [-0.3, -0.25) is 9.59 Å². The monoisotopic (exact) mass is 246 g/mol. The molecule has 0 aliphatic carbocycles. The normalized spacial score (nSPS) is 21.7. The number of nitrogens with zero attached hydrogens (tertiary/aromatic N) is 1. The standard InChI is InChI=1S/C14H18N2O2/c1-10(12-6-4-3-5-7-12)8-16-9-13(17)15-11(2)14(16)18/h3-7,10-11H,8-9H2,1-2H3,(H,15,17). The Bertz CT molecular complexity index is 444. The maximum Gasteiger partial charge on any atom is 0.245 e. The predicted octanol–water partition coefficient (Wildman–Crippen LogP) is 1.14. The molecule has 0 radical (unpaired) electrons. The minimum Gasteiger partial charge on any atom is -0.343 e. The number of carbonyl (C=O) groups is 2. The summed E-state index contributed by atoms with van der Waals surface area (Å²) in [7, 11) is 0. The highest BCUT2D eigenvalue weighted by atomic mass is 16.2. The summed E-state index contributed by atoms with van der Waals surface area (Å²) in [5.41, 5.74) is 1.18. The van der Waals surface area contributed by atoms with Gasteiger partial charge in [-0.25, -0.2) is 0 Å². The van der Waals surface area contributed by atoms with Crippen LogP contribution >= 0.6 is 0 Å².